The predicted octanol–water partition coefficient (Wildman–Crippen LogP) is 0.959. The molecule has 7 heteroatoms. The summed E-state index contributed by atoms with van der Waals surface area (Å²) in [4.78, 5) is 13.0. The molecule has 0 aliphatic heterocycles. The molecule has 0 aliphatic carbocycles. The maximum absolute atomic E-state index is 5.80. The zero-order valence-electron chi connectivity index (χ0n) is 12.6. The third-order valence-corrected chi connectivity index (χ3v) is 3.01. The van der Waals surface area contributed by atoms with Gasteiger partial charge in [-0.3, -0.25) is 5.10 Å². The largest absolute Gasteiger partial charge is 0.368 e. The van der Waals surface area contributed by atoms with Crippen LogP contribution in [0, 0.1) is 5.92 Å². The summed E-state index contributed by atoms with van der Waals surface area (Å²) in [5, 5.41) is 7.81. The highest BCUT2D eigenvalue weighted by molar-refractivity contribution is 5.87. The Labute approximate surface area is 119 Å². The Morgan fingerprint density at radius 2 is 2.00 bits per heavy atom. The van der Waals surface area contributed by atoms with Crippen molar-refractivity contribution in [3.63, 3.8) is 0 Å². The fraction of sp³-hybridized carbons (Fsp3) is 0.615. The van der Waals surface area contributed by atoms with Gasteiger partial charge in [-0.05, 0) is 20.0 Å². The van der Waals surface area contributed by atoms with E-state index < -0.39 is 0 Å². The van der Waals surface area contributed by atoms with E-state index in [-0.39, 0.29) is 5.95 Å². The van der Waals surface area contributed by atoms with Crippen LogP contribution in [0.25, 0.3) is 11.0 Å². The van der Waals surface area contributed by atoms with E-state index in [2.05, 4.69) is 57.9 Å². The van der Waals surface area contributed by atoms with Gasteiger partial charge in [0.05, 0.1) is 11.6 Å². The summed E-state index contributed by atoms with van der Waals surface area (Å²) in [6.07, 6.45) is 1.76. The molecule has 7 nitrogen and oxygen atoms in total. The van der Waals surface area contributed by atoms with Crippen molar-refractivity contribution in [1.82, 2.24) is 25.1 Å². The van der Waals surface area contributed by atoms with Crippen LogP contribution in [-0.4, -0.2) is 58.8 Å². The van der Waals surface area contributed by atoms with Gasteiger partial charge >= 0.3 is 0 Å². The molecule has 0 bridgehead atoms. The van der Waals surface area contributed by atoms with E-state index in [9.17, 15) is 0 Å². The molecule has 0 unspecified atom stereocenters. The van der Waals surface area contributed by atoms with Gasteiger partial charge in [-0.15, -0.1) is 0 Å². The van der Waals surface area contributed by atoms with Crippen molar-refractivity contribution in [3.8, 4) is 0 Å². The monoisotopic (exact) mass is 277 g/mol. The Morgan fingerprint density at radius 1 is 1.25 bits per heavy atom. The molecule has 0 saturated carbocycles. The van der Waals surface area contributed by atoms with Crippen LogP contribution in [0.1, 0.15) is 13.8 Å². The van der Waals surface area contributed by atoms with Gasteiger partial charge in [0.2, 0.25) is 5.95 Å². The molecule has 20 heavy (non-hydrogen) atoms. The Morgan fingerprint density at radius 3 is 2.65 bits per heavy atom. The van der Waals surface area contributed by atoms with Crippen molar-refractivity contribution in [2.75, 3.05) is 44.4 Å². The number of rotatable bonds is 6. The van der Waals surface area contributed by atoms with Crippen molar-refractivity contribution in [1.29, 1.82) is 0 Å². The molecule has 0 amide bonds. The van der Waals surface area contributed by atoms with Crippen molar-refractivity contribution in [3.05, 3.63) is 6.20 Å². The second-order valence-electron chi connectivity index (χ2n) is 5.68. The van der Waals surface area contributed by atoms with Crippen LogP contribution in [0.4, 0.5) is 11.8 Å². The van der Waals surface area contributed by atoms with Crippen molar-refractivity contribution in [2.45, 2.75) is 13.8 Å². The van der Waals surface area contributed by atoms with Gasteiger partial charge in [0.25, 0.3) is 0 Å². The molecule has 0 spiro atoms. The smallest absolute Gasteiger partial charge is 0.224 e. The molecule has 0 fully saturated rings. The second kappa shape index (κ2) is 6.04. The highest BCUT2D eigenvalue weighted by atomic mass is 15.3. The van der Waals surface area contributed by atoms with Crippen LogP contribution in [-0.2, 0) is 0 Å². The third kappa shape index (κ3) is 3.36. The van der Waals surface area contributed by atoms with E-state index in [0.717, 1.165) is 30.8 Å². The molecule has 0 radical (unpaired) electrons. The number of aromatic amines is 1. The summed E-state index contributed by atoms with van der Waals surface area (Å²) in [6, 6.07) is 0. The van der Waals surface area contributed by atoms with Gasteiger partial charge in [0.15, 0.2) is 5.65 Å². The van der Waals surface area contributed by atoms with Gasteiger partial charge in [-0.25, -0.2) is 0 Å². The van der Waals surface area contributed by atoms with Crippen LogP contribution in [0.15, 0.2) is 6.20 Å². The molecule has 3 N–H and O–H groups in total. The number of fused-ring (bicyclic) bond motifs is 1. The third-order valence-electron chi connectivity index (χ3n) is 3.01. The summed E-state index contributed by atoms with van der Waals surface area (Å²) in [6.45, 7) is 7.15. The first-order chi connectivity index (χ1) is 9.47. The Kier molecular flexibility index (Phi) is 4.39. The number of aromatic nitrogens is 4. The van der Waals surface area contributed by atoms with Crippen molar-refractivity contribution in [2.24, 2.45) is 5.92 Å². The highest BCUT2D eigenvalue weighted by Gasteiger charge is 2.16. The molecular weight excluding hydrogens is 254 g/mol. The molecule has 0 atom stereocenters. The van der Waals surface area contributed by atoms with Crippen LogP contribution in [0.2, 0.25) is 0 Å². The van der Waals surface area contributed by atoms with Gasteiger partial charge in [0.1, 0.15) is 5.82 Å². The Hall–Kier alpha value is -1.89. The molecule has 0 saturated heterocycles. The summed E-state index contributed by atoms with van der Waals surface area (Å²) in [5.74, 6) is 1.67. The quantitative estimate of drug-likeness (QED) is 0.818. The van der Waals surface area contributed by atoms with Gasteiger partial charge in [-0.1, -0.05) is 13.8 Å². The van der Waals surface area contributed by atoms with E-state index in [1.54, 1.807) is 6.20 Å². The molecule has 2 heterocycles. The zero-order chi connectivity index (χ0) is 14.7. The molecule has 0 aromatic carbocycles. The lowest BCUT2D eigenvalue weighted by atomic mass is 10.2. The SMILES string of the molecule is CC(C)CN(CCN(C)C)c1nc(N)nc2[nH]ncc12. The summed E-state index contributed by atoms with van der Waals surface area (Å²) in [7, 11) is 4.13. The summed E-state index contributed by atoms with van der Waals surface area (Å²) >= 11 is 0. The lowest BCUT2D eigenvalue weighted by Crippen LogP contribution is -2.35. The summed E-state index contributed by atoms with van der Waals surface area (Å²) in [5.41, 5.74) is 6.49. The van der Waals surface area contributed by atoms with Crippen LogP contribution < -0.4 is 10.6 Å². The number of likely N-dealkylation sites (N-methyl/N-ethyl adjacent to an activating group) is 1. The van der Waals surface area contributed by atoms with Crippen LogP contribution >= 0.6 is 0 Å². The molecule has 2 aromatic heterocycles. The minimum atomic E-state index is 0.273. The molecule has 2 rings (SSSR count). The standard InChI is InChI=1S/C13H23N7/c1-9(2)8-20(6-5-19(3)4)12-10-7-15-18-11(10)16-13(14)17-12/h7,9H,5-6,8H2,1-4H3,(H3,14,15,16,17,18). The number of anilines is 2. The zero-order valence-corrected chi connectivity index (χ0v) is 12.6. The topological polar surface area (TPSA) is 87.0 Å². The number of nitrogens with two attached hydrogens (primary N) is 1. The maximum atomic E-state index is 5.80. The first-order valence-electron chi connectivity index (χ1n) is 6.83. The Balaban J connectivity index is 2.36. The van der Waals surface area contributed by atoms with Gasteiger partial charge in [-0.2, -0.15) is 15.1 Å². The number of nitrogens with one attached hydrogen (secondary N) is 1. The maximum Gasteiger partial charge on any atom is 0.224 e. The van der Waals surface area contributed by atoms with Gasteiger partial charge < -0.3 is 15.5 Å². The number of nitrogen functional groups attached to an aromatic ring is 1. The molecule has 0 aliphatic rings. The average molecular weight is 277 g/mol. The van der Waals surface area contributed by atoms with Crippen molar-refractivity contribution >= 4 is 22.8 Å². The number of hydrogen-bond acceptors (Lipinski definition) is 6. The first-order valence-corrected chi connectivity index (χ1v) is 6.83. The number of nitrogens with zero attached hydrogens (tertiary/aromatic N) is 5. The van der Waals surface area contributed by atoms with E-state index >= 15 is 0 Å². The van der Waals surface area contributed by atoms with E-state index in [4.69, 9.17) is 5.73 Å². The van der Waals surface area contributed by atoms with Gasteiger partial charge in [0, 0.05) is 19.6 Å². The predicted molar refractivity (Wildman–Crippen MR) is 81.7 cm³/mol. The van der Waals surface area contributed by atoms with E-state index in [1.807, 2.05) is 0 Å². The first kappa shape index (κ1) is 14.5. The fourth-order valence-electron chi connectivity index (χ4n) is 2.12. The number of hydrogen-bond donors (Lipinski definition) is 2. The van der Waals surface area contributed by atoms with Crippen LogP contribution in [0.3, 0.4) is 0 Å². The van der Waals surface area contributed by atoms with Crippen LogP contribution in [0.5, 0.6) is 0 Å². The normalized spacial score (nSPS) is 11.7. The van der Waals surface area contributed by atoms with E-state index in [1.165, 1.54) is 0 Å². The fourth-order valence-corrected chi connectivity index (χ4v) is 2.12. The lowest BCUT2D eigenvalue weighted by Gasteiger charge is -2.27. The van der Waals surface area contributed by atoms with E-state index in [0.29, 0.717) is 11.6 Å². The molecular formula is C13H23N7. The minimum absolute atomic E-state index is 0.273. The average Bonchev–Trinajstić information content (AvgIpc) is 2.80. The summed E-state index contributed by atoms with van der Waals surface area (Å²) < 4.78 is 0. The minimum Gasteiger partial charge on any atom is -0.368 e. The second-order valence-corrected chi connectivity index (χ2v) is 5.68. The number of H-pyrrole nitrogens is 1. The highest BCUT2D eigenvalue weighted by Crippen LogP contribution is 2.23. The Bertz CT molecular complexity index is 561. The molecule has 110 valence electrons. The molecule has 2 aromatic rings. The van der Waals surface area contributed by atoms with Crippen molar-refractivity contribution < 1.29 is 0 Å². The lowest BCUT2D eigenvalue weighted by molar-refractivity contribution is 0.408.